The molecule has 0 saturated carbocycles. The number of nitriles is 1. The van der Waals surface area contributed by atoms with Crippen LogP contribution in [0.3, 0.4) is 0 Å². The molecule has 1 aliphatic rings. The molecule has 1 heterocycles. The SMILES string of the molecule is C=C/C(C)=C\C(=C)C#N.CC.CC.CC.C[P+]1(C)CCCCC1. The summed E-state index contributed by atoms with van der Waals surface area (Å²) >= 11 is 0. The Morgan fingerprint density at radius 3 is 1.57 bits per heavy atom. The first kappa shape index (κ1) is 30.1. The fourth-order valence-electron chi connectivity index (χ4n) is 1.73. The summed E-state index contributed by atoms with van der Waals surface area (Å²) in [4.78, 5) is 0. The summed E-state index contributed by atoms with van der Waals surface area (Å²) in [5, 5.41) is 8.25. The van der Waals surface area contributed by atoms with Gasteiger partial charge < -0.3 is 0 Å². The lowest BCUT2D eigenvalue weighted by Gasteiger charge is -2.21. The molecule has 0 bridgehead atoms. The minimum atomic E-state index is -0.337. The average molecular weight is 341 g/mol. The van der Waals surface area contributed by atoms with Crippen molar-refractivity contribution < 1.29 is 0 Å². The van der Waals surface area contributed by atoms with E-state index in [-0.39, 0.29) is 7.26 Å². The second-order valence-electron chi connectivity index (χ2n) is 5.17. The fraction of sp³-hybridized carbons (Fsp3) is 0.667. The van der Waals surface area contributed by atoms with E-state index in [4.69, 9.17) is 5.26 Å². The number of rotatable bonds is 2. The van der Waals surface area contributed by atoms with Gasteiger partial charge in [0.15, 0.2) is 0 Å². The summed E-state index contributed by atoms with van der Waals surface area (Å²) in [6, 6.07) is 1.91. The summed E-state index contributed by atoms with van der Waals surface area (Å²) in [5.41, 5.74) is 1.42. The smallest absolute Gasteiger partial charge is 0.0985 e. The van der Waals surface area contributed by atoms with Gasteiger partial charge in [0, 0.05) is 26.2 Å². The van der Waals surface area contributed by atoms with Crippen molar-refractivity contribution in [1.82, 2.24) is 0 Å². The van der Waals surface area contributed by atoms with Gasteiger partial charge >= 0.3 is 0 Å². The second kappa shape index (κ2) is 23.4. The Labute approximate surface area is 148 Å². The number of nitrogens with zero attached hydrogens (tertiary/aromatic N) is 1. The third kappa shape index (κ3) is 26.4. The van der Waals surface area contributed by atoms with Gasteiger partial charge in [-0.25, -0.2) is 0 Å². The van der Waals surface area contributed by atoms with Crippen molar-refractivity contribution in [2.45, 2.75) is 67.7 Å². The summed E-state index contributed by atoms with van der Waals surface area (Å²) in [5.74, 6) is 0. The molecule has 0 aromatic heterocycles. The lowest BCUT2D eigenvalue weighted by Crippen LogP contribution is -2.06. The normalized spacial score (nSPS) is 14.3. The van der Waals surface area contributed by atoms with Gasteiger partial charge in [-0.05, 0) is 32.3 Å². The van der Waals surface area contributed by atoms with E-state index in [1.807, 2.05) is 54.5 Å². The number of hydrogen-bond acceptors (Lipinski definition) is 1. The third-order valence-electron chi connectivity index (χ3n) is 2.89. The molecule has 0 unspecified atom stereocenters. The molecule has 136 valence electrons. The topological polar surface area (TPSA) is 23.8 Å². The van der Waals surface area contributed by atoms with Crippen molar-refractivity contribution >= 4 is 7.26 Å². The molecule has 0 aliphatic carbocycles. The summed E-state index contributed by atoms with van der Waals surface area (Å²) < 4.78 is 0. The molecular weight excluding hydrogens is 297 g/mol. The van der Waals surface area contributed by atoms with E-state index in [9.17, 15) is 0 Å². The number of allylic oxidation sites excluding steroid dienone is 4. The van der Waals surface area contributed by atoms with Crippen LogP contribution in [0.4, 0.5) is 0 Å². The highest BCUT2D eigenvalue weighted by atomic mass is 31.2. The molecular formula is C21H43NP+. The molecule has 0 spiro atoms. The molecule has 2 heteroatoms. The standard InChI is InChI=1S/C8H9N.C7H16P.3C2H6/c1-4-7(2)5-8(3)6-9;1-8(2)6-4-3-5-7-8;3*1-2/h4-5H,1,3H2,2H3;3-7H2,1-2H3;3*1-2H3/q;+1;;;/b7-5-;;;;. The zero-order chi connectivity index (χ0) is 19.3. The summed E-state index contributed by atoms with van der Waals surface area (Å²) in [7, 11) is -0.337. The zero-order valence-electron chi connectivity index (χ0n) is 17.5. The van der Waals surface area contributed by atoms with E-state index >= 15 is 0 Å². The average Bonchev–Trinajstić information content (AvgIpc) is 2.60. The van der Waals surface area contributed by atoms with Crippen LogP contribution >= 0.6 is 7.26 Å². The van der Waals surface area contributed by atoms with Gasteiger partial charge in [0.2, 0.25) is 0 Å². The van der Waals surface area contributed by atoms with E-state index < -0.39 is 0 Å². The highest BCUT2D eigenvalue weighted by Gasteiger charge is 2.26. The largest absolute Gasteiger partial charge is 0.192 e. The molecule has 1 saturated heterocycles. The molecule has 23 heavy (non-hydrogen) atoms. The Morgan fingerprint density at radius 2 is 1.35 bits per heavy atom. The summed E-state index contributed by atoms with van der Waals surface area (Å²) in [6.07, 6.45) is 11.0. The fourth-order valence-corrected chi connectivity index (χ4v) is 4.12. The molecule has 0 radical (unpaired) electrons. The minimum Gasteiger partial charge on any atom is -0.192 e. The quantitative estimate of drug-likeness (QED) is 0.287. The molecule has 0 aromatic rings. The maximum absolute atomic E-state index is 8.25. The van der Waals surface area contributed by atoms with Crippen LogP contribution in [0.15, 0.2) is 36.5 Å². The van der Waals surface area contributed by atoms with Gasteiger partial charge in [0.25, 0.3) is 0 Å². The highest BCUT2D eigenvalue weighted by molar-refractivity contribution is 7.74. The first-order valence-electron chi connectivity index (χ1n) is 9.13. The van der Waals surface area contributed by atoms with Crippen molar-refractivity contribution in [3.05, 3.63) is 36.5 Å². The zero-order valence-corrected chi connectivity index (χ0v) is 18.4. The first-order valence-corrected chi connectivity index (χ1v) is 12.2. The molecule has 1 aliphatic heterocycles. The number of hydrogen-bond donors (Lipinski definition) is 0. The van der Waals surface area contributed by atoms with Crippen LogP contribution in [0.25, 0.3) is 0 Å². The summed E-state index contributed by atoms with van der Waals surface area (Å²) in [6.45, 7) is 25.9. The van der Waals surface area contributed by atoms with Gasteiger partial charge in [-0.2, -0.15) is 5.26 Å². The van der Waals surface area contributed by atoms with Gasteiger partial charge in [-0.1, -0.05) is 66.3 Å². The maximum Gasteiger partial charge on any atom is 0.0985 e. The Kier molecular flexibility index (Phi) is 30.6. The van der Waals surface area contributed by atoms with E-state index in [0.717, 1.165) is 5.57 Å². The Hall–Kier alpha value is -0.860. The van der Waals surface area contributed by atoms with Crippen molar-refractivity contribution in [3.63, 3.8) is 0 Å². The van der Waals surface area contributed by atoms with Gasteiger partial charge in [0.1, 0.15) is 0 Å². The molecule has 0 atom stereocenters. The van der Waals surface area contributed by atoms with Crippen molar-refractivity contribution in [2.24, 2.45) is 0 Å². The highest BCUT2D eigenvalue weighted by Crippen LogP contribution is 2.54. The van der Waals surface area contributed by atoms with Crippen molar-refractivity contribution in [3.8, 4) is 6.07 Å². The van der Waals surface area contributed by atoms with Gasteiger partial charge in [-0.15, -0.1) is 0 Å². The van der Waals surface area contributed by atoms with Gasteiger partial charge in [0.05, 0.1) is 18.4 Å². The Morgan fingerprint density at radius 1 is 0.957 bits per heavy atom. The van der Waals surface area contributed by atoms with Crippen LogP contribution in [0, 0.1) is 11.3 Å². The molecule has 0 amide bonds. The van der Waals surface area contributed by atoms with Crippen LogP contribution in [-0.4, -0.2) is 25.7 Å². The predicted molar refractivity (Wildman–Crippen MR) is 115 cm³/mol. The van der Waals surface area contributed by atoms with Crippen LogP contribution in [0.1, 0.15) is 67.7 Å². The third-order valence-corrected chi connectivity index (χ3v) is 5.95. The Bertz CT molecular complexity index is 324. The predicted octanol–water partition coefficient (Wildman–Crippen LogP) is 7.72. The lowest BCUT2D eigenvalue weighted by molar-refractivity contribution is 0.748. The minimum absolute atomic E-state index is 0.337. The van der Waals surface area contributed by atoms with Gasteiger partial charge in [-0.3, -0.25) is 0 Å². The van der Waals surface area contributed by atoms with E-state index in [1.165, 1.54) is 19.3 Å². The molecule has 1 rings (SSSR count). The second-order valence-corrected chi connectivity index (χ2v) is 9.94. The van der Waals surface area contributed by atoms with E-state index in [1.54, 1.807) is 24.5 Å². The Balaban J connectivity index is -0.000000119. The molecule has 0 aromatic carbocycles. The first-order chi connectivity index (χ1) is 10.9. The van der Waals surface area contributed by atoms with Crippen LogP contribution in [-0.2, 0) is 0 Å². The van der Waals surface area contributed by atoms with Crippen molar-refractivity contribution in [1.29, 1.82) is 5.26 Å². The van der Waals surface area contributed by atoms with Crippen LogP contribution in [0.2, 0.25) is 0 Å². The lowest BCUT2D eigenvalue weighted by atomic mass is 10.2. The maximum atomic E-state index is 8.25. The van der Waals surface area contributed by atoms with Crippen molar-refractivity contribution in [2.75, 3.05) is 25.7 Å². The molecule has 1 nitrogen and oxygen atoms in total. The van der Waals surface area contributed by atoms with Crippen LogP contribution < -0.4 is 0 Å². The van der Waals surface area contributed by atoms with Crippen LogP contribution in [0.5, 0.6) is 0 Å². The molecule has 1 fully saturated rings. The molecule has 0 N–H and O–H groups in total. The van der Waals surface area contributed by atoms with E-state index in [0.29, 0.717) is 5.57 Å². The van der Waals surface area contributed by atoms with E-state index in [2.05, 4.69) is 26.5 Å². The monoisotopic (exact) mass is 340 g/mol.